The van der Waals surface area contributed by atoms with Gasteiger partial charge >= 0.3 is 5.97 Å². The van der Waals surface area contributed by atoms with E-state index in [9.17, 15) is 14.4 Å². The number of aromatic nitrogens is 3. The number of aryl methyl sites for hydroxylation is 1. The molecule has 0 spiro atoms. The van der Waals surface area contributed by atoms with Crippen LogP contribution < -0.4 is 10.6 Å². The highest BCUT2D eigenvalue weighted by atomic mass is 32.2. The van der Waals surface area contributed by atoms with Crippen molar-refractivity contribution in [1.82, 2.24) is 20.1 Å². The van der Waals surface area contributed by atoms with Crippen molar-refractivity contribution in [3.05, 3.63) is 71.0 Å². The number of hydrogen-bond donors (Lipinski definition) is 2. The zero-order valence-corrected chi connectivity index (χ0v) is 21.9. The molecule has 2 amide bonds. The van der Waals surface area contributed by atoms with Crippen LogP contribution in [0.15, 0.2) is 53.7 Å². The van der Waals surface area contributed by atoms with E-state index in [0.717, 1.165) is 5.56 Å². The van der Waals surface area contributed by atoms with Gasteiger partial charge in [0.05, 0.1) is 24.0 Å². The van der Waals surface area contributed by atoms with Crippen LogP contribution in [0.2, 0.25) is 0 Å². The lowest BCUT2D eigenvalue weighted by atomic mass is 10.0. The summed E-state index contributed by atoms with van der Waals surface area (Å²) in [6.07, 6.45) is 0. The van der Waals surface area contributed by atoms with E-state index in [0.29, 0.717) is 27.8 Å². The summed E-state index contributed by atoms with van der Waals surface area (Å²) in [7, 11) is 1.81. The van der Waals surface area contributed by atoms with Crippen molar-refractivity contribution in [2.24, 2.45) is 13.0 Å². The van der Waals surface area contributed by atoms with E-state index in [2.05, 4.69) is 20.8 Å². The zero-order chi connectivity index (χ0) is 26.2. The van der Waals surface area contributed by atoms with Gasteiger partial charge in [-0.1, -0.05) is 49.4 Å². The van der Waals surface area contributed by atoms with Crippen LogP contribution in [-0.4, -0.2) is 44.9 Å². The number of esters is 1. The monoisotopic (exact) mass is 509 g/mol. The number of carbonyl (C=O) groups is 3. The van der Waals surface area contributed by atoms with Gasteiger partial charge in [0.15, 0.2) is 11.0 Å². The van der Waals surface area contributed by atoms with Crippen molar-refractivity contribution in [2.45, 2.75) is 38.9 Å². The molecule has 0 aliphatic carbocycles. The average molecular weight is 510 g/mol. The first kappa shape index (κ1) is 26.9. The van der Waals surface area contributed by atoms with E-state index < -0.39 is 5.97 Å². The minimum absolute atomic E-state index is 0.0643. The Balaban J connectivity index is 1.64. The summed E-state index contributed by atoms with van der Waals surface area (Å²) in [5.41, 5.74) is 2.46. The van der Waals surface area contributed by atoms with Crippen LogP contribution in [0.1, 0.15) is 58.9 Å². The molecule has 0 radical (unpaired) electrons. The van der Waals surface area contributed by atoms with Crippen molar-refractivity contribution >= 4 is 35.2 Å². The summed E-state index contributed by atoms with van der Waals surface area (Å²) in [5.74, 6) is -0.107. The maximum absolute atomic E-state index is 12.8. The van der Waals surface area contributed by atoms with Gasteiger partial charge in [0.2, 0.25) is 5.91 Å². The number of thioether (sulfide) groups is 1. The van der Waals surface area contributed by atoms with Gasteiger partial charge < -0.3 is 19.9 Å². The summed E-state index contributed by atoms with van der Waals surface area (Å²) in [4.78, 5) is 37.3. The largest absolute Gasteiger partial charge is 0.462 e. The van der Waals surface area contributed by atoms with Gasteiger partial charge in [-0.25, -0.2) is 4.79 Å². The lowest BCUT2D eigenvalue weighted by Crippen LogP contribution is -2.33. The second kappa shape index (κ2) is 12.3. The summed E-state index contributed by atoms with van der Waals surface area (Å²) >= 11 is 1.23. The number of anilines is 1. The topological polar surface area (TPSA) is 115 Å². The van der Waals surface area contributed by atoms with E-state index in [1.165, 1.54) is 11.8 Å². The van der Waals surface area contributed by atoms with Crippen molar-refractivity contribution in [2.75, 3.05) is 17.7 Å². The van der Waals surface area contributed by atoms with Gasteiger partial charge in [0.25, 0.3) is 5.91 Å². The van der Waals surface area contributed by atoms with Crippen molar-refractivity contribution in [3.8, 4) is 0 Å². The number of nitrogens with zero attached hydrogens (tertiary/aromatic N) is 3. The molecule has 190 valence electrons. The van der Waals surface area contributed by atoms with Crippen LogP contribution in [0.25, 0.3) is 0 Å². The summed E-state index contributed by atoms with van der Waals surface area (Å²) in [6.45, 7) is 7.95. The summed E-state index contributed by atoms with van der Waals surface area (Å²) in [6, 6.07) is 13.6. The first-order valence-electron chi connectivity index (χ1n) is 11.7. The molecule has 2 N–H and O–H groups in total. The Morgan fingerprint density at radius 2 is 1.78 bits per heavy atom. The number of benzene rings is 2. The molecule has 0 saturated carbocycles. The molecule has 1 aromatic heterocycles. The zero-order valence-electron chi connectivity index (χ0n) is 21.1. The van der Waals surface area contributed by atoms with Crippen LogP contribution in [0.4, 0.5) is 5.69 Å². The standard InChI is InChI=1S/C26H31N5O4S/c1-6-35-25(34)19-11-8-12-20(14-19)27-21(32)15-36-26-30-29-23(31(26)5)22(16(2)3)28-24(33)18-10-7-9-17(4)13-18/h7-14,16,22H,6,15H2,1-5H3,(H,27,32)(H,28,33)/t22-/m1/s1. The van der Waals surface area contributed by atoms with Crippen LogP contribution in [0.5, 0.6) is 0 Å². The Labute approximate surface area is 215 Å². The molecule has 10 heteroatoms. The van der Waals surface area contributed by atoms with Crippen molar-refractivity contribution in [3.63, 3.8) is 0 Å². The first-order valence-corrected chi connectivity index (χ1v) is 12.6. The number of nitrogens with one attached hydrogen (secondary N) is 2. The number of carbonyl (C=O) groups excluding carboxylic acids is 3. The van der Waals surface area contributed by atoms with E-state index >= 15 is 0 Å². The van der Waals surface area contributed by atoms with Crippen molar-refractivity contribution in [1.29, 1.82) is 0 Å². The van der Waals surface area contributed by atoms with Crippen molar-refractivity contribution < 1.29 is 19.1 Å². The minimum atomic E-state index is -0.441. The molecule has 0 unspecified atom stereocenters. The first-order chi connectivity index (χ1) is 17.2. The molecule has 0 saturated heterocycles. The maximum Gasteiger partial charge on any atom is 0.338 e. The third-order valence-electron chi connectivity index (χ3n) is 5.37. The van der Waals surface area contributed by atoms with Gasteiger partial charge in [-0.3, -0.25) is 9.59 Å². The highest BCUT2D eigenvalue weighted by Crippen LogP contribution is 2.25. The molecule has 0 aliphatic heterocycles. The molecule has 0 fully saturated rings. The highest BCUT2D eigenvalue weighted by molar-refractivity contribution is 7.99. The normalized spacial score (nSPS) is 11.7. The molecule has 1 heterocycles. The van der Waals surface area contributed by atoms with Gasteiger partial charge in [-0.05, 0) is 50.1 Å². The summed E-state index contributed by atoms with van der Waals surface area (Å²) in [5, 5.41) is 14.9. The molecular weight excluding hydrogens is 478 g/mol. The van der Waals surface area contributed by atoms with E-state index in [-0.39, 0.29) is 36.1 Å². The Kier molecular flexibility index (Phi) is 9.24. The second-order valence-electron chi connectivity index (χ2n) is 8.60. The molecule has 0 aliphatic rings. The van der Waals surface area contributed by atoms with Crippen LogP contribution in [0, 0.1) is 12.8 Å². The molecular formula is C26H31N5O4S. The van der Waals surface area contributed by atoms with Gasteiger partial charge in [0.1, 0.15) is 0 Å². The van der Waals surface area contributed by atoms with E-state index in [1.807, 2.05) is 46.0 Å². The predicted octanol–water partition coefficient (Wildman–Crippen LogP) is 4.16. The number of rotatable bonds is 10. The highest BCUT2D eigenvalue weighted by Gasteiger charge is 2.25. The molecule has 0 bridgehead atoms. The second-order valence-corrected chi connectivity index (χ2v) is 9.55. The number of amides is 2. The van der Waals surface area contributed by atoms with E-state index in [1.54, 1.807) is 41.8 Å². The molecule has 2 aromatic carbocycles. The van der Waals surface area contributed by atoms with Crippen LogP contribution >= 0.6 is 11.8 Å². The third kappa shape index (κ3) is 6.94. The number of hydrogen-bond acceptors (Lipinski definition) is 7. The Morgan fingerprint density at radius 1 is 1.06 bits per heavy atom. The van der Waals surface area contributed by atoms with Gasteiger partial charge in [-0.15, -0.1) is 10.2 Å². The quantitative estimate of drug-likeness (QED) is 0.311. The maximum atomic E-state index is 12.8. The fraction of sp³-hybridized carbons (Fsp3) is 0.346. The molecule has 3 rings (SSSR count). The van der Waals surface area contributed by atoms with Gasteiger partial charge in [-0.2, -0.15) is 0 Å². The van der Waals surface area contributed by atoms with E-state index in [4.69, 9.17) is 4.74 Å². The lowest BCUT2D eigenvalue weighted by molar-refractivity contribution is -0.113. The summed E-state index contributed by atoms with van der Waals surface area (Å²) < 4.78 is 6.79. The fourth-order valence-corrected chi connectivity index (χ4v) is 4.25. The predicted molar refractivity (Wildman–Crippen MR) is 139 cm³/mol. The Morgan fingerprint density at radius 3 is 2.47 bits per heavy atom. The lowest BCUT2D eigenvalue weighted by Gasteiger charge is -2.21. The minimum Gasteiger partial charge on any atom is -0.462 e. The molecule has 9 nitrogen and oxygen atoms in total. The van der Waals surface area contributed by atoms with Crippen LogP contribution in [-0.2, 0) is 16.6 Å². The molecule has 3 aromatic rings. The van der Waals surface area contributed by atoms with Gasteiger partial charge in [0, 0.05) is 18.3 Å². The molecule has 1 atom stereocenters. The average Bonchev–Trinajstić information content (AvgIpc) is 3.21. The Hall–Kier alpha value is -3.66. The molecule has 36 heavy (non-hydrogen) atoms. The van der Waals surface area contributed by atoms with Crippen LogP contribution in [0.3, 0.4) is 0 Å². The smallest absolute Gasteiger partial charge is 0.338 e. The SMILES string of the molecule is CCOC(=O)c1cccc(NC(=O)CSc2nnc([C@H](NC(=O)c3cccc(C)c3)C(C)C)n2C)c1. The number of ether oxygens (including phenoxy) is 1. The Bertz CT molecular complexity index is 1240. The third-order valence-corrected chi connectivity index (χ3v) is 6.39. The fourth-order valence-electron chi connectivity index (χ4n) is 3.53.